The first-order valence-corrected chi connectivity index (χ1v) is 6.55. The van der Waals surface area contributed by atoms with E-state index in [1.165, 1.54) is 19.2 Å². The molecule has 0 spiro atoms. The average Bonchev–Trinajstić information content (AvgIpc) is 2.90. The Morgan fingerprint density at radius 2 is 2.18 bits per heavy atom. The van der Waals surface area contributed by atoms with Crippen LogP contribution in [0.2, 0.25) is 0 Å². The number of aliphatic carboxylic acids is 1. The van der Waals surface area contributed by atoms with Crippen molar-refractivity contribution in [2.24, 2.45) is 0 Å². The number of allylic oxidation sites excluding steroid dienone is 2. The second kappa shape index (κ2) is 5.03. The Bertz CT molecular complexity index is 821. The minimum Gasteiger partial charge on any atom is -0.479 e. The van der Waals surface area contributed by atoms with Crippen molar-refractivity contribution in [1.82, 2.24) is 10.3 Å². The first kappa shape index (κ1) is 13.9. The Kier molecular flexibility index (Phi) is 3.17. The van der Waals surface area contributed by atoms with Crippen LogP contribution < -0.4 is 10.6 Å². The van der Waals surface area contributed by atoms with Gasteiger partial charge in [0.05, 0.1) is 0 Å². The predicted octanol–water partition coefficient (Wildman–Crippen LogP) is 1.74. The quantitative estimate of drug-likeness (QED) is 0.797. The van der Waals surface area contributed by atoms with Gasteiger partial charge in [0.15, 0.2) is 5.58 Å². The summed E-state index contributed by atoms with van der Waals surface area (Å²) in [6, 6.07) is 4.92. The number of oxazole rings is 1. The molecule has 7 nitrogen and oxygen atoms in total. The van der Waals surface area contributed by atoms with Crippen molar-refractivity contribution in [2.45, 2.75) is 12.5 Å². The van der Waals surface area contributed by atoms with Crippen molar-refractivity contribution in [3.63, 3.8) is 0 Å². The van der Waals surface area contributed by atoms with Gasteiger partial charge in [-0.3, -0.25) is 4.79 Å². The number of benzene rings is 1. The van der Waals surface area contributed by atoms with Gasteiger partial charge >= 0.3 is 5.97 Å². The number of rotatable bonds is 3. The van der Waals surface area contributed by atoms with Crippen molar-refractivity contribution in [3.8, 4) is 0 Å². The van der Waals surface area contributed by atoms with Gasteiger partial charge in [0.1, 0.15) is 5.52 Å². The molecule has 1 amide bonds. The topological polar surface area (TPSA) is 104 Å². The minimum atomic E-state index is -1.54. The maximum atomic E-state index is 11.7. The van der Waals surface area contributed by atoms with Gasteiger partial charge in [-0.1, -0.05) is 6.08 Å². The molecule has 0 aliphatic carbocycles. The van der Waals surface area contributed by atoms with Crippen molar-refractivity contribution in [3.05, 3.63) is 48.5 Å². The zero-order valence-corrected chi connectivity index (χ0v) is 11.7. The summed E-state index contributed by atoms with van der Waals surface area (Å²) in [7, 11) is 0. The number of nitrogens with one attached hydrogen (secondary N) is 2. The number of carboxylic acids is 1. The third-order valence-corrected chi connectivity index (χ3v) is 3.25. The van der Waals surface area contributed by atoms with Crippen LogP contribution in [-0.2, 0) is 15.1 Å². The summed E-state index contributed by atoms with van der Waals surface area (Å²) in [6.07, 6.45) is 6.28. The van der Waals surface area contributed by atoms with Gasteiger partial charge in [-0.25, -0.2) is 9.78 Å². The molecule has 3 N–H and O–H groups in total. The summed E-state index contributed by atoms with van der Waals surface area (Å²) in [6.45, 7) is 1.40. The number of carbonyl (C=O) groups is 2. The van der Waals surface area contributed by atoms with Crippen LogP contribution in [0.5, 0.6) is 0 Å². The van der Waals surface area contributed by atoms with Crippen molar-refractivity contribution in [1.29, 1.82) is 0 Å². The average molecular weight is 299 g/mol. The molecule has 22 heavy (non-hydrogen) atoms. The molecule has 0 bridgehead atoms. The number of hydrogen-bond acceptors (Lipinski definition) is 5. The van der Waals surface area contributed by atoms with Gasteiger partial charge in [0.25, 0.3) is 0 Å². The summed E-state index contributed by atoms with van der Waals surface area (Å²) in [5, 5.41) is 14.9. The third kappa shape index (κ3) is 2.22. The van der Waals surface area contributed by atoms with Gasteiger partial charge < -0.3 is 20.2 Å². The van der Waals surface area contributed by atoms with E-state index in [0.717, 1.165) is 0 Å². The minimum absolute atomic E-state index is 0.0237. The standard InChI is InChI=1S/C15H13N3O4/c1-9(19)17-10-4-5-12-11(8-10)18-13(22-12)15(14(20)21)6-2-3-7-16-15/h2-8,16H,1H3,(H,17,19)(H,20,21). The number of fused-ring (bicyclic) bond motifs is 1. The summed E-state index contributed by atoms with van der Waals surface area (Å²) < 4.78 is 5.58. The largest absolute Gasteiger partial charge is 0.479 e. The summed E-state index contributed by atoms with van der Waals surface area (Å²) in [5.74, 6) is -1.30. The third-order valence-electron chi connectivity index (χ3n) is 3.25. The van der Waals surface area contributed by atoms with Crippen LogP contribution in [0, 0.1) is 0 Å². The molecule has 7 heteroatoms. The molecular formula is C15H13N3O4. The second-order valence-electron chi connectivity index (χ2n) is 4.86. The number of aromatic nitrogens is 1. The van der Waals surface area contributed by atoms with E-state index >= 15 is 0 Å². The van der Waals surface area contributed by atoms with E-state index in [2.05, 4.69) is 15.6 Å². The zero-order valence-electron chi connectivity index (χ0n) is 11.7. The molecule has 0 saturated heterocycles. The monoisotopic (exact) mass is 299 g/mol. The molecule has 2 heterocycles. The normalized spacial score (nSPS) is 19.9. The summed E-state index contributed by atoms with van der Waals surface area (Å²) in [5.41, 5.74) is -0.0700. The highest BCUT2D eigenvalue weighted by Crippen LogP contribution is 2.29. The van der Waals surface area contributed by atoms with E-state index in [-0.39, 0.29) is 11.8 Å². The van der Waals surface area contributed by atoms with Gasteiger partial charge in [0.2, 0.25) is 17.3 Å². The molecule has 2 aromatic rings. The van der Waals surface area contributed by atoms with Crippen molar-refractivity contribution < 1.29 is 19.1 Å². The molecule has 0 saturated carbocycles. The number of hydrogen-bond donors (Lipinski definition) is 3. The van der Waals surface area contributed by atoms with Crippen molar-refractivity contribution >= 4 is 28.7 Å². The molecule has 0 radical (unpaired) electrons. The predicted molar refractivity (Wildman–Crippen MR) is 79.0 cm³/mol. The Labute approximate surface area is 125 Å². The highest BCUT2D eigenvalue weighted by molar-refractivity contribution is 5.91. The van der Waals surface area contributed by atoms with Crippen LogP contribution in [0.1, 0.15) is 12.8 Å². The van der Waals surface area contributed by atoms with Crippen molar-refractivity contribution in [2.75, 3.05) is 5.32 Å². The molecule has 1 aromatic heterocycles. The number of carbonyl (C=O) groups excluding carboxylic acids is 1. The van der Waals surface area contributed by atoms with Gasteiger partial charge in [-0.15, -0.1) is 0 Å². The second-order valence-corrected chi connectivity index (χ2v) is 4.86. The van der Waals surface area contributed by atoms with Crippen LogP contribution in [0.15, 0.2) is 47.0 Å². The molecule has 1 aliphatic rings. The molecule has 1 atom stereocenters. The molecular weight excluding hydrogens is 286 g/mol. The first-order valence-electron chi connectivity index (χ1n) is 6.55. The fourth-order valence-corrected chi connectivity index (χ4v) is 2.22. The van der Waals surface area contributed by atoms with E-state index < -0.39 is 11.5 Å². The van der Waals surface area contributed by atoms with E-state index in [9.17, 15) is 14.7 Å². The maximum absolute atomic E-state index is 11.7. The molecule has 0 fully saturated rings. The lowest BCUT2D eigenvalue weighted by Crippen LogP contribution is -2.46. The number of amides is 1. The van der Waals surface area contributed by atoms with Crippen LogP contribution in [0.4, 0.5) is 5.69 Å². The van der Waals surface area contributed by atoms with Gasteiger partial charge in [-0.05, 0) is 36.6 Å². The van der Waals surface area contributed by atoms with Gasteiger partial charge in [-0.2, -0.15) is 0 Å². The van der Waals surface area contributed by atoms with E-state index in [1.807, 2.05) is 0 Å². The fraction of sp³-hybridized carbons (Fsp3) is 0.133. The first-order chi connectivity index (χ1) is 10.5. The lowest BCUT2D eigenvalue weighted by molar-refractivity contribution is -0.143. The Balaban J connectivity index is 2.07. The summed E-state index contributed by atoms with van der Waals surface area (Å²) >= 11 is 0. The fourth-order valence-electron chi connectivity index (χ4n) is 2.22. The molecule has 1 unspecified atom stereocenters. The SMILES string of the molecule is CC(=O)Nc1ccc2oc(C3(C(=O)O)C=CC=CN3)nc2c1. The highest BCUT2D eigenvalue weighted by Gasteiger charge is 2.43. The Hall–Kier alpha value is -3.09. The van der Waals surface area contributed by atoms with Gasteiger partial charge in [0, 0.05) is 12.6 Å². The van der Waals surface area contributed by atoms with Crippen LogP contribution in [-0.4, -0.2) is 22.0 Å². The zero-order chi connectivity index (χ0) is 15.7. The van der Waals surface area contributed by atoms with Crippen LogP contribution >= 0.6 is 0 Å². The molecule has 3 rings (SSSR count). The lowest BCUT2D eigenvalue weighted by atomic mass is 9.97. The molecule has 1 aromatic carbocycles. The number of anilines is 1. The smallest absolute Gasteiger partial charge is 0.343 e. The summed E-state index contributed by atoms with van der Waals surface area (Å²) in [4.78, 5) is 27.0. The Morgan fingerprint density at radius 3 is 2.82 bits per heavy atom. The lowest BCUT2D eigenvalue weighted by Gasteiger charge is -2.24. The number of nitrogens with zero attached hydrogens (tertiary/aromatic N) is 1. The number of carboxylic acid groups (broad SMARTS) is 1. The van der Waals surface area contributed by atoms with Crippen LogP contribution in [0.25, 0.3) is 11.1 Å². The van der Waals surface area contributed by atoms with Crippen LogP contribution in [0.3, 0.4) is 0 Å². The highest BCUT2D eigenvalue weighted by atomic mass is 16.4. The van der Waals surface area contributed by atoms with E-state index in [4.69, 9.17) is 4.42 Å². The maximum Gasteiger partial charge on any atom is 0.343 e. The number of dihydropyridines is 1. The van der Waals surface area contributed by atoms with E-state index in [1.54, 1.807) is 30.4 Å². The van der Waals surface area contributed by atoms with E-state index in [0.29, 0.717) is 16.8 Å². The Morgan fingerprint density at radius 1 is 1.36 bits per heavy atom. The molecule has 112 valence electrons. The molecule has 1 aliphatic heterocycles.